The molecule has 2 heterocycles. The highest BCUT2D eigenvalue weighted by atomic mass is 16.5. The third kappa shape index (κ3) is 5.11. The number of benzene rings is 1. The Labute approximate surface area is 183 Å². The second-order valence-corrected chi connectivity index (χ2v) is 9.23. The van der Waals surface area contributed by atoms with Gasteiger partial charge in [0.25, 0.3) is 0 Å². The van der Waals surface area contributed by atoms with Gasteiger partial charge in [-0.2, -0.15) is 0 Å². The first kappa shape index (κ1) is 22.9. The largest absolute Gasteiger partial charge is 0.497 e. The lowest BCUT2D eigenvalue weighted by atomic mass is 9.94. The predicted octanol–water partition coefficient (Wildman–Crippen LogP) is 2.53. The molecule has 1 atom stereocenters. The van der Waals surface area contributed by atoms with E-state index in [0.717, 1.165) is 0 Å². The van der Waals surface area contributed by atoms with Crippen molar-refractivity contribution in [2.45, 2.75) is 45.6 Å². The SMILES string of the molecule is COc1ccc(NC(=O)C2CCN(C(=O)C3CC(=O)N(C(C)(C)C)C3)CC2)c(OC)c1. The van der Waals surface area contributed by atoms with Crippen LogP contribution >= 0.6 is 0 Å². The summed E-state index contributed by atoms with van der Waals surface area (Å²) in [6.45, 7) is 7.48. The minimum Gasteiger partial charge on any atom is -0.497 e. The van der Waals surface area contributed by atoms with Crippen molar-refractivity contribution >= 4 is 23.4 Å². The molecule has 0 spiro atoms. The van der Waals surface area contributed by atoms with Gasteiger partial charge in [0.05, 0.1) is 25.8 Å². The first-order valence-electron chi connectivity index (χ1n) is 10.8. The van der Waals surface area contributed by atoms with Crippen LogP contribution in [-0.4, -0.2) is 66.9 Å². The van der Waals surface area contributed by atoms with E-state index in [-0.39, 0.29) is 41.5 Å². The summed E-state index contributed by atoms with van der Waals surface area (Å²) in [6, 6.07) is 5.25. The number of hydrogen-bond donors (Lipinski definition) is 1. The van der Waals surface area contributed by atoms with Gasteiger partial charge in [-0.3, -0.25) is 14.4 Å². The van der Waals surface area contributed by atoms with Crippen LogP contribution in [0.25, 0.3) is 0 Å². The van der Waals surface area contributed by atoms with E-state index in [1.165, 1.54) is 0 Å². The highest BCUT2D eigenvalue weighted by Crippen LogP contribution is 2.31. The van der Waals surface area contributed by atoms with Gasteiger partial charge in [0.1, 0.15) is 11.5 Å². The lowest BCUT2D eigenvalue weighted by Gasteiger charge is -2.34. The van der Waals surface area contributed by atoms with Crippen molar-refractivity contribution in [1.82, 2.24) is 9.80 Å². The average molecular weight is 432 g/mol. The smallest absolute Gasteiger partial charge is 0.227 e. The molecule has 0 saturated carbocycles. The molecule has 2 aliphatic heterocycles. The number of carbonyl (C=O) groups is 3. The molecule has 170 valence electrons. The highest BCUT2D eigenvalue weighted by molar-refractivity contribution is 5.94. The summed E-state index contributed by atoms with van der Waals surface area (Å²) >= 11 is 0. The number of piperidine rings is 1. The Kier molecular flexibility index (Phi) is 6.77. The number of hydrogen-bond acceptors (Lipinski definition) is 5. The second-order valence-electron chi connectivity index (χ2n) is 9.23. The minimum absolute atomic E-state index is 0.0239. The summed E-state index contributed by atoms with van der Waals surface area (Å²) < 4.78 is 10.5. The Balaban J connectivity index is 1.54. The van der Waals surface area contributed by atoms with Crippen LogP contribution in [0.3, 0.4) is 0 Å². The monoisotopic (exact) mass is 431 g/mol. The molecule has 0 aromatic heterocycles. The maximum atomic E-state index is 12.9. The van der Waals surface area contributed by atoms with Crippen molar-refractivity contribution in [3.63, 3.8) is 0 Å². The van der Waals surface area contributed by atoms with E-state index in [9.17, 15) is 14.4 Å². The predicted molar refractivity (Wildman–Crippen MR) is 117 cm³/mol. The number of methoxy groups -OCH3 is 2. The van der Waals surface area contributed by atoms with Crippen molar-refractivity contribution in [2.24, 2.45) is 11.8 Å². The van der Waals surface area contributed by atoms with E-state index in [4.69, 9.17) is 9.47 Å². The molecule has 1 aromatic carbocycles. The number of amides is 3. The van der Waals surface area contributed by atoms with Gasteiger partial charge in [-0.15, -0.1) is 0 Å². The van der Waals surface area contributed by atoms with Crippen molar-refractivity contribution in [1.29, 1.82) is 0 Å². The summed E-state index contributed by atoms with van der Waals surface area (Å²) in [7, 11) is 3.12. The fraction of sp³-hybridized carbons (Fsp3) is 0.609. The number of carbonyl (C=O) groups excluding carboxylic acids is 3. The van der Waals surface area contributed by atoms with Crippen LogP contribution in [0.2, 0.25) is 0 Å². The minimum atomic E-state index is -0.291. The molecule has 8 nitrogen and oxygen atoms in total. The van der Waals surface area contributed by atoms with E-state index in [1.807, 2.05) is 25.7 Å². The van der Waals surface area contributed by atoms with E-state index in [0.29, 0.717) is 49.7 Å². The molecule has 3 amide bonds. The van der Waals surface area contributed by atoms with Gasteiger partial charge in [0.15, 0.2) is 0 Å². The normalized spacial score (nSPS) is 20.0. The zero-order valence-electron chi connectivity index (χ0n) is 19.1. The van der Waals surface area contributed by atoms with Crippen LogP contribution in [0.1, 0.15) is 40.0 Å². The molecular weight excluding hydrogens is 398 g/mol. The van der Waals surface area contributed by atoms with Gasteiger partial charge in [-0.25, -0.2) is 0 Å². The van der Waals surface area contributed by atoms with Crippen molar-refractivity contribution < 1.29 is 23.9 Å². The van der Waals surface area contributed by atoms with E-state index in [2.05, 4.69) is 5.32 Å². The van der Waals surface area contributed by atoms with Crippen LogP contribution in [0.5, 0.6) is 11.5 Å². The van der Waals surface area contributed by atoms with E-state index in [1.54, 1.807) is 37.3 Å². The van der Waals surface area contributed by atoms with Crippen molar-refractivity contribution in [3.05, 3.63) is 18.2 Å². The van der Waals surface area contributed by atoms with Gasteiger partial charge in [-0.1, -0.05) is 0 Å². The third-order valence-corrected chi connectivity index (χ3v) is 6.13. The summed E-state index contributed by atoms with van der Waals surface area (Å²) in [5, 5.41) is 2.94. The quantitative estimate of drug-likeness (QED) is 0.774. The molecule has 31 heavy (non-hydrogen) atoms. The van der Waals surface area contributed by atoms with Crippen LogP contribution < -0.4 is 14.8 Å². The topological polar surface area (TPSA) is 88.2 Å². The van der Waals surface area contributed by atoms with Gasteiger partial charge in [0, 0.05) is 43.6 Å². The second kappa shape index (κ2) is 9.16. The Hall–Kier alpha value is -2.77. The Morgan fingerprint density at radius 3 is 2.29 bits per heavy atom. The number of nitrogens with one attached hydrogen (secondary N) is 1. The maximum absolute atomic E-state index is 12.9. The molecule has 1 unspecified atom stereocenters. The zero-order chi connectivity index (χ0) is 22.8. The lowest BCUT2D eigenvalue weighted by molar-refractivity contribution is -0.138. The standard InChI is InChI=1S/C23H33N3O5/c1-23(2,3)26-14-16(12-20(26)27)22(29)25-10-8-15(9-11-25)21(28)24-18-7-6-17(30-4)13-19(18)31-5/h6-7,13,15-16H,8-12,14H2,1-5H3,(H,24,28). The highest BCUT2D eigenvalue weighted by Gasteiger charge is 2.41. The summed E-state index contributed by atoms with van der Waals surface area (Å²) in [4.78, 5) is 41.6. The number of anilines is 1. The van der Waals surface area contributed by atoms with Gasteiger partial charge in [-0.05, 0) is 45.7 Å². The van der Waals surface area contributed by atoms with Gasteiger partial charge in [0.2, 0.25) is 17.7 Å². The zero-order valence-corrected chi connectivity index (χ0v) is 19.1. The molecule has 0 aliphatic carbocycles. The Morgan fingerprint density at radius 2 is 1.74 bits per heavy atom. The molecular formula is C23H33N3O5. The summed E-state index contributed by atoms with van der Waals surface area (Å²) in [5.41, 5.74) is 0.318. The number of rotatable bonds is 5. The Bertz CT molecular complexity index is 840. The molecule has 0 radical (unpaired) electrons. The summed E-state index contributed by atoms with van der Waals surface area (Å²) in [5.74, 6) is 0.703. The van der Waals surface area contributed by atoms with Crippen LogP contribution in [0, 0.1) is 11.8 Å². The van der Waals surface area contributed by atoms with Gasteiger partial charge >= 0.3 is 0 Å². The maximum Gasteiger partial charge on any atom is 0.227 e. The molecule has 2 saturated heterocycles. The van der Waals surface area contributed by atoms with Crippen LogP contribution in [0.15, 0.2) is 18.2 Å². The fourth-order valence-corrected chi connectivity index (χ4v) is 4.28. The van der Waals surface area contributed by atoms with E-state index >= 15 is 0 Å². The van der Waals surface area contributed by atoms with E-state index < -0.39 is 0 Å². The molecule has 1 N–H and O–H groups in total. The van der Waals surface area contributed by atoms with Gasteiger partial charge < -0.3 is 24.6 Å². The lowest BCUT2D eigenvalue weighted by Crippen LogP contribution is -2.46. The fourth-order valence-electron chi connectivity index (χ4n) is 4.28. The molecule has 3 rings (SSSR count). The molecule has 0 bridgehead atoms. The van der Waals surface area contributed by atoms with Crippen LogP contribution in [0.4, 0.5) is 5.69 Å². The van der Waals surface area contributed by atoms with Crippen molar-refractivity contribution in [2.75, 3.05) is 39.2 Å². The number of ether oxygens (including phenoxy) is 2. The third-order valence-electron chi connectivity index (χ3n) is 6.13. The average Bonchev–Trinajstić information content (AvgIpc) is 3.15. The first-order chi connectivity index (χ1) is 14.6. The first-order valence-corrected chi connectivity index (χ1v) is 10.8. The summed E-state index contributed by atoms with van der Waals surface area (Å²) in [6.07, 6.45) is 1.47. The number of likely N-dealkylation sites (tertiary alicyclic amines) is 2. The molecule has 1 aromatic rings. The van der Waals surface area contributed by atoms with Crippen LogP contribution in [-0.2, 0) is 14.4 Å². The Morgan fingerprint density at radius 1 is 1.06 bits per heavy atom. The molecule has 8 heteroatoms. The van der Waals surface area contributed by atoms with Crippen molar-refractivity contribution in [3.8, 4) is 11.5 Å². The number of nitrogens with zero attached hydrogens (tertiary/aromatic N) is 2. The molecule has 2 aliphatic rings. The molecule has 2 fully saturated rings.